The number of hydrogen-bond donors (Lipinski definition) is 2. The summed E-state index contributed by atoms with van der Waals surface area (Å²) in [5.74, 6) is 0.877. The van der Waals surface area contributed by atoms with Gasteiger partial charge in [-0.2, -0.15) is 4.31 Å². The lowest BCUT2D eigenvalue weighted by Crippen LogP contribution is -2.50. The summed E-state index contributed by atoms with van der Waals surface area (Å²) in [6.45, 7) is 6.21. The van der Waals surface area contributed by atoms with E-state index in [1.165, 1.54) is 34.6 Å². The zero-order valence-electron chi connectivity index (χ0n) is 19.5. The summed E-state index contributed by atoms with van der Waals surface area (Å²) in [7, 11) is -3.72. The molecular weight excluding hydrogens is 470 g/mol. The molecule has 1 saturated heterocycles. The second-order valence-corrected chi connectivity index (χ2v) is 10.5. The molecule has 2 amide bonds. The highest BCUT2D eigenvalue weighted by atomic mass is 32.2. The van der Waals surface area contributed by atoms with Gasteiger partial charge < -0.3 is 20.1 Å². The molecule has 2 heterocycles. The lowest BCUT2D eigenvalue weighted by molar-refractivity contribution is -0.117. The standard InChI is InChI=1S/C25H29N3O6S/c1-3-24(29)27-20-11-13-28(17(2)14-20)35(31,32)21-7-5-19(6-8-21)25(30)26-12-10-18-4-9-22-23(15-18)34-16-33-22/h3-9,15,17,20H,1,10-14,16H2,2H3,(H,26,30)(H,27,29). The number of nitrogens with zero attached hydrogens (tertiary/aromatic N) is 1. The van der Waals surface area contributed by atoms with Crippen molar-refractivity contribution < 1.29 is 27.5 Å². The van der Waals surface area contributed by atoms with Crippen LogP contribution >= 0.6 is 0 Å². The molecule has 0 bridgehead atoms. The van der Waals surface area contributed by atoms with Crippen LogP contribution < -0.4 is 20.1 Å². The summed E-state index contributed by atoms with van der Waals surface area (Å²) >= 11 is 0. The number of hydrogen-bond acceptors (Lipinski definition) is 6. The molecule has 2 aliphatic rings. The maximum atomic E-state index is 13.2. The van der Waals surface area contributed by atoms with Gasteiger partial charge in [-0.1, -0.05) is 12.6 Å². The minimum atomic E-state index is -3.72. The van der Waals surface area contributed by atoms with E-state index in [4.69, 9.17) is 9.47 Å². The topological polar surface area (TPSA) is 114 Å². The van der Waals surface area contributed by atoms with Crippen LogP contribution in [0.3, 0.4) is 0 Å². The van der Waals surface area contributed by atoms with Crippen LogP contribution in [-0.2, 0) is 21.2 Å². The molecule has 2 aliphatic heterocycles. The summed E-state index contributed by atoms with van der Waals surface area (Å²) in [6.07, 6.45) is 2.87. The van der Waals surface area contributed by atoms with E-state index < -0.39 is 10.0 Å². The molecule has 2 aromatic rings. The molecule has 0 radical (unpaired) electrons. The van der Waals surface area contributed by atoms with E-state index in [9.17, 15) is 18.0 Å². The van der Waals surface area contributed by atoms with Gasteiger partial charge in [0, 0.05) is 30.7 Å². The van der Waals surface area contributed by atoms with Crippen LogP contribution in [0.2, 0.25) is 0 Å². The predicted molar refractivity (Wildman–Crippen MR) is 130 cm³/mol. The highest BCUT2D eigenvalue weighted by Gasteiger charge is 2.34. The maximum absolute atomic E-state index is 13.2. The molecule has 35 heavy (non-hydrogen) atoms. The zero-order valence-corrected chi connectivity index (χ0v) is 20.3. The second kappa shape index (κ2) is 10.5. The molecule has 10 heteroatoms. The molecule has 0 aliphatic carbocycles. The maximum Gasteiger partial charge on any atom is 0.251 e. The lowest BCUT2D eigenvalue weighted by Gasteiger charge is -2.36. The van der Waals surface area contributed by atoms with Gasteiger partial charge in [-0.3, -0.25) is 9.59 Å². The quantitative estimate of drug-likeness (QED) is 0.539. The van der Waals surface area contributed by atoms with Gasteiger partial charge >= 0.3 is 0 Å². The number of amides is 2. The Morgan fingerprint density at radius 3 is 2.60 bits per heavy atom. The van der Waals surface area contributed by atoms with Crippen LogP contribution in [0.4, 0.5) is 0 Å². The van der Waals surface area contributed by atoms with Crippen LogP contribution in [0.25, 0.3) is 0 Å². The third-order valence-electron chi connectivity index (χ3n) is 6.21. The Kier molecular flexibility index (Phi) is 7.42. The van der Waals surface area contributed by atoms with Crippen LogP contribution in [0.15, 0.2) is 60.0 Å². The summed E-state index contributed by atoms with van der Waals surface area (Å²) < 4.78 is 38.5. The predicted octanol–water partition coefficient (Wildman–Crippen LogP) is 2.23. The fourth-order valence-electron chi connectivity index (χ4n) is 4.33. The first-order valence-electron chi connectivity index (χ1n) is 11.5. The number of sulfonamides is 1. The summed E-state index contributed by atoms with van der Waals surface area (Å²) in [5, 5.41) is 5.69. The Labute approximate surface area is 205 Å². The highest BCUT2D eigenvalue weighted by Crippen LogP contribution is 2.32. The SMILES string of the molecule is C=CC(=O)NC1CCN(S(=O)(=O)c2ccc(C(=O)NCCc3ccc4c(c3)OCO4)cc2)C(C)C1. The van der Waals surface area contributed by atoms with Gasteiger partial charge in [0.25, 0.3) is 5.91 Å². The van der Waals surface area contributed by atoms with E-state index in [0.717, 1.165) is 5.56 Å². The largest absolute Gasteiger partial charge is 0.454 e. The number of ether oxygens (including phenoxy) is 2. The highest BCUT2D eigenvalue weighted by molar-refractivity contribution is 7.89. The van der Waals surface area contributed by atoms with Gasteiger partial charge in [0.2, 0.25) is 22.7 Å². The molecule has 9 nitrogen and oxygen atoms in total. The average molecular weight is 500 g/mol. The van der Waals surface area contributed by atoms with E-state index in [1.54, 1.807) is 0 Å². The molecule has 2 unspecified atom stereocenters. The van der Waals surface area contributed by atoms with Crippen molar-refractivity contribution in [2.24, 2.45) is 0 Å². The first kappa shape index (κ1) is 24.7. The minimum absolute atomic E-state index is 0.0920. The Bertz CT molecular complexity index is 1210. The Balaban J connectivity index is 1.32. The van der Waals surface area contributed by atoms with Crippen molar-refractivity contribution in [3.8, 4) is 11.5 Å². The van der Waals surface area contributed by atoms with E-state index in [2.05, 4.69) is 17.2 Å². The number of fused-ring (bicyclic) bond motifs is 1. The summed E-state index contributed by atoms with van der Waals surface area (Å²) in [4.78, 5) is 24.2. The van der Waals surface area contributed by atoms with Crippen LogP contribution in [0.5, 0.6) is 11.5 Å². The van der Waals surface area contributed by atoms with E-state index in [0.29, 0.717) is 49.4 Å². The first-order chi connectivity index (χ1) is 16.8. The zero-order chi connectivity index (χ0) is 25.0. The third kappa shape index (κ3) is 5.66. The molecule has 2 atom stereocenters. The fourth-order valence-corrected chi connectivity index (χ4v) is 5.99. The smallest absolute Gasteiger partial charge is 0.251 e. The minimum Gasteiger partial charge on any atom is -0.454 e. The van der Waals surface area contributed by atoms with Crippen molar-refractivity contribution in [2.75, 3.05) is 19.9 Å². The van der Waals surface area contributed by atoms with Gasteiger partial charge in [-0.05, 0) is 74.2 Å². The number of nitrogens with one attached hydrogen (secondary N) is 2. The summed E-state index contributed by atoms with van der Waals surface area (Å²) in [6, 6.07) is 11.3. The molecule has 186 valence electrons. The number of carbonyl (C=O) groups is 2. The van der Waals surface area contributed by atoms with Crippen LogP contribution in [0.1, 0.15) is 35.7 Å². The number of carbonyl (C=O) groups excluding carboxylic acids is 2. The molecule has 1 fully saturated rings. The Morgan fingerprint density at radius 1 is 1.14 bits per heavy atom. The van der Waals surface area contributed by atoms with E-state index >= 15 is 0 Å². The van der Waals surface area contributed by atoms with Gasteiger partial charge in [0.15, 0.2) is 11.5 Å². The third-order valence-corrected chi connectivity index (χ3v) is 8.23. The molecule has 2 aromatic carbocycles. The molecule has 0 spiro atoms. The van der Waals surface area contributed by atoms with Crippen molar-refractivity contribution in [1.29, 1.82) is 0 Å². The van der Waals surface area contributed by atoms with Gasteiger partial charge in [0.05, 0.1) is 4.90 Å². The van der Waals surface area contributed by atoms with Crippen molar-refractivity contribution in [1.82, 2.24) is 14.9 Å². The second-order valence-electron chi connectivity index (χ2n) is 8.62. The van der Waals surface area contributed by atoms with Crippen LogP contribution in [0, 0.1) is 0 Å². The molecule has 2 N–H and O–H groups in total. The van der Waals surface area contributed by atoms with E-state index in [1.807, 2.05) is 25.1 Å². The monoisotopic (exact) mass is 499 g/mol. The Hall–Kier alpha value is -3.37. The first-order valence-corrected chi connectivity index (χ1v) is 12.9. The molecule has 4 rings (SSSR count). The normalized spacial score (nSPS) is 19.7. The lowest BCUT2D eigenvalue weighted by atomic mass is 10.0. The molecule has 0 saturated carbocycles. The van der Waals surface area contributed by atoms with Crippen molar-refractivity contribution in [2.45, 2.75) is 43.2 Å². The Morgan fingerprint density at radius 2 is 1.89 bits per heavy atom. The number of piperidine rings is 1. The van der Waals surface area contributed by atoms with Crippen molar-refractivity contribution >= 4 is 21.8 Å². The average Bonchev–Trinajstić information content (AvgIpc) is 3.32. The van der Waals surface area contributed by atoms with Gasteiger partial charge in [-0.25, -0.2) is 8.42 Å². The molecule has 0 aromatic heterocycles. The van der Waals surface area contributed by atoms with Crippen molar-refractivity contribution in [3.63, 3.8) is 0 Å². The van der Waals surface area contributed by atoms with Gasteiger partial charge in [0.1, 0.15) is 0 Å². The van der Waals surface area contributed by atoms with Crippen molar-refractivity contribution in [3.05, 3.63) is 66.2 Å². The van der Waals surface area contributed by atoms with Crippen LogP contribution in [-0.4, -0.2) is 56.5 Å². The van der Waals surface area contributed by atoms with Gasteiger partial charge in [-0.15, -0.1) is 0 Å². The number of rotatable bonds is 8. The summed E-state index contributed by atoms with van der Waals surface area (Å²) in [5.41, 5.74) is 1.39. The number of benzene rings is 2. The van der Waals surface area contributed by atoms with E-state index in [-0.39, 0.29) is 35.6 Å². The fraction of sp³-hybridized carbons (Fsp3) is 0.360. The molecular formula is C25H29N3O6S.